The highest BCUT2D eigenvalue weighted by Crippen LogP contribution is 2.21. The molecule has 110 valence electrons. The van der Waals surface area contributed by atoms with Crippen LogP contribution in [0.3, 0.4) is 0 Å². The van der Waals surface area contributed by atoms with Gasteiger partial charge in [-0.15, -0.1) is 0 Å². The highest BCUT2D eigenvalue weighted by Gasteiger charge is 2.10. The van der Waals surface area contributed by atoms with Crippen molar-refractivity contribution in [3.63, 3.8) is 0 Å². The fraction of sp³-hybridized carbons (Fsp3) is 0.133. The SMILES string of the molecule is C/C(=N/Nc1ccc(Cl)cc1)c1ccccc1OC(F)F. The summed E-state index contributed by atoms with van der Waals surface area (Å²) >= 11 is 5.79. The highest BCUT2D eigenvalue weighted by molar-refractivity contribution is 6.30. The summed E-state index contributed by atoms with van der Waals surface area (Å²) in [4.78, 5) is 0. The van der Waals surface area contributed by atoms with Crippen molar-refractivity contribution in [1.29, 1.82) is 0 Å². The van der Waals surface area contributed by atoms with Gasteiger partial charge >= 0.3 is 6.61 Å². The predicted octanol–water partition coefficient (Wildman–Crippen LogP) is 4.78. The Morgan fingerprint density at radius 3 is 2.48 bits per heavy atom. The van der Waals surface area contributed by atoms with E-state index >= 15 is 0 Å². The van der Waals surface area contributed by atoms with Gasteiger partial charge in [0.15, 0.2) is 0 Å². The van der Waals surface area contributed by atoms with Gasteiger partial charge in [-0.2, -0.15) is 13.9 Å². The summed E-state index contributed by atoms with van der Waals surface area (Å²) in [5.74, 6) is 0.0895. The number of para-hydroxylation sites is 1. The number of rotatable bonds is 5. The molecule has 0 saturated heterocycles. The van der Waals surface area contributed by atoms with E-state index < -0.39 is 6.61 Å². The Bertz CT molecular complexity index is 630. The van der Waals surface area contributed by atoms with Crippen LogP contribution in [0.5, 0.6) is 5.75 Å². The van der Waals surface area contributed by atoms with Crippen molar-refractivity contribution >= 4 is 23.0 Å². The number of hydrogen-bond acceptors (Lipinski definition) is 3. The molecule has 0 aliphatic rings. The second kappa shape index (κ2) is 7.04. The molecule has 0 saturated carbocycles. The van der Waals surface area contributed by atoms with E-state index in [-0.39, 0.29) is 5.75 Å². The van der Waals surface area contributed by atoms with Crippen LogP contribution in [0.4, 0.5) is 14.5 Å². The minimum absolute atomic E-state index is 0.0895. The van der Waals surface area contributed by atoms with Gasteiger partial charge in [-0.25, -0.2) is 0 Å². The Morgan fingerprint density at radius 2 is 1.81 bits per heavy atom. The molecule has 0 radical (unpaired) electrons. The van der Waals surface area contributed by atoms with E-state index in [1.165, 1.54) is 6.07 Å². The van der Waals surface area contributed by atoms with Gasteiger partial charge in [0.25, 0.3) is 0 Å². The van der Waals surface area contributed by atoms with Gasteiger partial charge in [0, 0.05) is 10.6 Å². The number of nitrogens with one attached hydrogen (secondary N) is 1. The van der Waals surface area contributed by atoms with E-state index in [4.69, 9.17) is 11.6 Å². The molecule has 0 unspecified atom stereocenters. The Balaban J connectivity index is 2.17. The summed E-state index contributed by atoms with van der Waals surface area (Å²) in [5, 5.41) is 4.78. The fourth-order valence-corrected chi connectivity index (χ4v) is 1.82. The first kappa shape index (κ1) is 15.3. The van der Waals surface area contributed by atoms with E-state index in [2.05, 4.69) is 15.3 Å². The molecule has 21 heavy (non-hydrogen) atoms. The Hall–Kier alpha value is -2.14. The summed E-state index contributed by atoms with van der Waals surface area (Å²) in [5.41, 5.74) is 4.61. The van der Waals surface area contributed by atoms with Gasteiger partial charge < -0.3 is 4.74 Å². The lowest BCUT2D eigenvalue weighted by atomic mass is 10.1. The average Bonchev–Trinajstić information content (AvgIpc) is 2.46. The Kier molecular flexibility index (Phi) is 5.11. The number of hydrazone groups is 1. The summed E-state index contributed by atoms with van der Waals surface area (Å²) in [6.45, 7) is -1.17. The molecule has 0 aromatic heterocycles. The zero-order valence-electron chi connectivity index (χ0n) is 11.2. The molecule has 2 aromatic carbocycles. The topological polar surface area (TPSA) is 33.6 Å². The molecule has 0 fully saturated rings. The predicted molar refractivity (Wildman–Crippen MR) is 80.4 cm³/mol. The summed E-state index contributed by atoms with van der Waals surface area (Å²) < 4.78 is 29.2. The molecular weight excluding hydrogens is 298 g/mol. The summed E-state index contributed by atoms with van der Waals surface area (Å²) in [7, 11) is 0. The van der Waals surface area contributed by atoms with Gasteiger partial charge in [0.05, 0.1) is 11.4 Å². The maximum absolute atomic E-state index is 12.4. The van der Waals surface area contributed by atoms with Crippen molar-refractivity contribution in [2.45, 2.75) is 13.5 Å². The first-order valence-electron chi connectivity index (χ1n) is 6.16. The number of alkyl halides is 2. The van der Waals surface area contributed by atoms with Crippen LogP contribution in [-0.4, -0.2) is 12.3 Å². The minimum atomic E-state index is -2.87. The molecule has 0 spiro atoms. The Morgan fingerprint density at radius 1 is 1.14 bits per heavy atom. The molecule has 0 aliphatic carbocycles. The zero-order valence-corrected chi connectivity index (χ0v) is 11.9. The fourth-order valence-electron chi connectivity index (χ4n) is 1.70. The maximum atomic E-state index is 12.4. The maximum Gasteiger partial charge on any atom is 0.387 e. The molecule has 2 aromatic rings. The van der Waals surface area contributed by atoms with Crippen molar-refractivity contribution in [3.05, 3.63) is 59.1 Å². The second-order valence-electron chi connectivity index (χ2n) is 4.19. The quantitative estimate of drug-likeness (QED) is 0.637. The van der Waals surface area contributed by atoms with Crippen LogP contribution in [0, 0.1) is 0 Å². The number of ether oxygens (including phenoxy) is 1. The van der Waals surface area contributed by atoms with Crippen molar-refractivity contribution in [1.82, 2.24) is 0 Å². The number of benzene rings is 2. The summed E-state index contributed by atoms with van der Waals surface area (Å²) in [6.07, 6.45) is 0. The number of anilines is 1. The van der Waals surface area contributed by atoms with E-state index in [9.17, 15) is 8.78 Å². The van der Waals surface area contributed by atoms with Gasteiger partial charge in [0.1, 0.15) is 5.75 Å². The number of nitrogens with zero attached hydrogens (tertiary/aromatic N) is 1. The minimum Gasteiger partial charge on any atom is -0.434 e. The first-order valence-corrected chi connectivity index (χ1v) is 6.54. The molecule has 0 heterocycles. The van der Waals surface area contributed by atoms with E-state index in [1.54, 1.807) is 49.4 Å². The van der Waals surface area contributed by atoms with Crippen molar-refractivity contribution in [3.8, 4) is 5.75 Å². The highest BCUT2D eigenvalue weighted by atomic mass is 35.5. The molecule has 0 amide bonds. The van der Waals surface area contributed by atoms with Crippen LogP contribution in [-0.2, 0) is 0 Å². The summed E-state index contributed by atoms with van der Waals surface area (Å²) in [6, 6.07) is 13.5. The van der Waals surface area contributed by atoms with Gasteiger partial charge in [0.2, 0.25) is 0 Å². The lowest BCUT2D eigenvalue weighted by molar-refractivity contribution is -0.0499. The van der Waals surface area contributed by atoms with Crippen molar-refractivity contribution in [2.24, 2.45) is 5.10 Å². The van der Waals surface area contributed by atoms with E-state index in [0.717, 1.165) is 5.69 Å². The van der Waals surface area contributed by atoms with E-state index in [0.29, 0.717) is 16.3 Å². The molecule has 3 nitrogen and oxygen atoms in total. The lowest BCUT2D eigenvalue weighted by Gasteiger charge is -2.10. The largest absolute Gasteiger partial charge is 0.434 e. The van der Waals surface area contributed by atoms with Crippen LogP contribution in [0.1, 0.15) is 12.5 Å². The molecule has 0 atom stereocenters. The van der Waals surface area contributed by atoms with E-state index in [1.807, 2.05) is 0 Å². The molecule has 1 N–H and O–H groups in total. The van der Waals surface area contributed by atoms with Gasteiger partial charge in [-0.1, -0.05) is 23.7 Å². The molecule has 2 rings (SSSR count). The first-order chi connectivity index (χ1) is 10.1. The molecule has 0 bridgehead atoms. The normalized spacial score (nSPS) is 11.6. The number of hydrogen-bond donors (Lipinski definition) is 1. The third kappa shape index (κ3) is 4.43. The average molecular weight is 311 g/mol. The third-order valence-corrected chi connectivity index (χ3v) is 2.94. The Labute approximate surface area is 126 Å². The number of halogens is 3. The van der Waals surface area contributed by atoms with Gasteiger partial charge in [-0.3, -0.25) is 5.43 Å². The zero-order chi connectivity index (χ0) is 15.2. The van der Waals surface area contributed by atoms with Crippen LogP contribution in [0.15, 0.2) is 53.6 Å². The smallest absolute Gasteiger partial charge is 0.387 e. The molecule has 6 heteroatoms. The van der Waals surface area contributed by atoms with Crippen LogP contribution < -0.4 is 10.2 Å². The standard InChI is InChI=1S/C15H13ClF2N2O/c1-10(19-20-12-8-6-11(16)7-9-12)13-4-2-3-5-14(13)21-15(17)18/h2-9,15,20H,1H3/b19-10-. The van der Waals surface area contributed by atoms with Crippen molar-refractivity contribution in [2.75, 3.05) is 5.43 Å². The second-order valence-corrected chi connectivity index (χ2v) is 4.63. The lowest BCUT2D eigenvalue weighted by Crippen LogP contribution is -2.07. The van der Waals surface area contributed by atoms with Crippen molar-refractivity contribution < 1.29 is 13.5 Å². The monoisotopic (exact) mass is 310 g/mol. The van der Waals surface area contributed by atoms with Gasteiger partial charge in [-0.05, 0) is 43.3 Å². The van der Waals surface area contributed by atoms with Crippen LogP contribution in [0.2, 0.25) is 5.02 Å². The third-order valence-electron chi connectivity index (χ3n) is 2.69. The van der Waals surface area contributed by atoms with Crippen LogP contribution >= 0.6 is 11.6 Å². The van der Waals surface area contributed by atoms with Crippen LogP contribution in [0.25, 0.3) is 0 Å². The molecular formula is C15H13ClF2N2O. The molecule has 0 aliphatic heterocycles.